The summed E-state index contributed by atoms with van der Waals surface area (Å²) in [5.41, 5.74) is 0.397. The van der Waals surface area contributed by atoms with E-state index in [1.807, 2.05) is 0 Å². The molecular weight excluding hydrogens is 308 g/mol. The van der Waals surface area contributed by atoms with Crippen LogP contribution in [0.25, 0.3) is 0 Å². The average molecular weight is 328 g/mol. The number of sulfonamides is 1. The first-order valence-corrected chi connectivity index (χ1v) is 8.52. The van der Waals surface area contributed by atoms with Crippen molar-refractivity contribution in [3.63, 3.8) is 0 Å². The largest absolute Gasteiger partial charge is 0.481 e. The molecule has 1 atom stereocenters. The number of anilines is 1. The highest BCUT2D eigenvalue weighted by molar-refractivity contribution is 7.92. The van der Waals surface area contributed by atoms with Gasteiger partial charge in [-0.15, -0.1) is 0 Å². The van der Waals surface area contributed by atoms with Gasteiger partial charge in [0.2, 0.25) is 10.0 Å². The number of carboxylic acid groups (broad SMARTS) is 1. The number of amides is 1. The molecule has 0 aliphatic rings. The highest BCUT2D eigenvalue weighted by Gasteiger charge is 2.17. The molecule has 0 aliphatic heterocycles. The van der Waals surface area contributed by atoms with E-state index in [2.05, 4.69) is 10.0 Å². The van der Waals surface area contributed by atoms with Crippen molar-refractivity contribution in [2.45, 2.75) is 32.7 Å². The minimum absolute atomic E-state index is 0.0500. The Morgan fingerprint density at radius 1 is 1.27 bits per heavy atom. The van der Waals surface area contributed by atoms with Gasteiger partial charge in [0.1, 0.15) is 0 Å². The highest BCUT2D eigenvalue weighted by atomic mass is 32.2. The van der Waals surface area contributed by atoms with E-state index in [4.69, 9.17) is 5.11 Å². The second-order valence-corrected chi connectivity index (χ2v) is 6.87. The van der Waals surface area contributed by atoms with Crippen LogP contribution in [0.4, 0.5) is 5.69 Å². The van der Waals surface area contributed by atoms with E-state index in [-0.39, 0.29) is 29.5 Å². The summed E-state index contributed by atoms with van der Waals surface area (Å²) in [5, 5.41) is 11.3. The lowest BCUT2D eigenvalue weighted by molar-refractivity contribution is -0.137. The van der Waals surface area contributed by atoms with Gasteiger partial charge >= 0.3 is 5.97 Å². The second kappa shape index (κ2) is 7.79. The molecule has 0 radical (unpaired) electrons. The van der Waals surface area contributed by atoms with Crippen LogP contribution < -0.4 is 10.0 Å². The summed E-state index contributed by atoms with van der Waals surface area (Å²) in [6, 6.07) is 5.93. The maximum Gasteiger partial charge on any atom is 0.303 e. The van der Waals surface area contributed by atoms with Crippen molar-refractivity contribution in [1.29, 1.82) is 0 Å². The first-order valence-electron chi connectivity index (χ1n) is 6.87. The van der Waals surface area contributed by atoms with E-state index in [1.54, 1.807) is 19.1 Å². The summed E-state index contributed by atoms with van der Waals surface area (Å²) in [6.07, 6.45) is 0.246. The van der Waals surface area contributed by atoms with Gasteiger partial charge in [-0.05, 0) is 32.4 Å². The van der Waals surface area contributed by atoms with Crippen molar-refractivity contribution in [2.24, 2.45) is 0 Å². The molecule has 122 valence electrons. The van der Waals surface area contributed by atoms with Crippen LogP contribution in [0, 0.1) is 0 Å². The lowest BCUT2D eigenvalue weighted by Gasteiger charge is -2.15. The first kappa shape index (κ1) is 18.0. The fourth-order valence-corrected chi connectivity index (χ4v) is 2.38. The number of carbonyl (C=O) groups is 2. The molecule has 1 aromatic carbocycles. The highest BCUT2D eigenvalue weighted by Crippen LogP contribution is 2.17. The first-order chi connectivity index (χ1) is 10.2. The molecule has 0 saturated heterocycles. The molecule has 1 aromatic rings. The summed E-state index contributed by atoms with van der Waals surface area (Å²) in [6.45, 7) is 3.19. The number of hydrogen-bond donors (Lipinski definition) is 3. The molecule has 0 fully saturated rings. The Morgan fingerprint density at radius 2 is 1.91 bits per heavy atom. The van der Waals surface area contributed by atoms with Crippen LogP contribution in [0.15, 0.2) is 24.3 Å². The van der Waals surface area contributed by atoms with Gasteiger partial charge in [0.05, 0.1) is 17.0 Å². The third-order valence-corrected chi connectivity index (χ3v) is 4.28. The standard InChI is InChI=1S/C14H20N2O5S/c1-3-22(20,21)16-12-7-5-4-6-11(12)14(19)15-10(2)8-9-13(17)18/h4-7,10,16H,3,8-9H2,1-2H3,(H,15,19)(H,17,18). The number of rotatable bonds is 8. The molecule has 7 nitrogen and oxygen atoms in total. The number of benzene rings is 1. The van der Waals surface area contributed by atoms with Gasteiger partial charge in [-0.3, -0.25) is 14.3 Å². The lowest BCUT2D eigenvalue weighted by Crippen LogP contribution is -2.33. The quantitative estimate of drug-likeness (QED) is 0.668. The SMILES string of the molecule is CCS(=O)(=O)Nc1ccccc1C(=O)NC(C)CCC(=O)O. The van der Waals surface area contributed by atoms with E-state index in [0.29, 0.717) is 6.42 Å². The predicted molar refractivity (Wildman–Crippen MR) is 83.3 cm³/mol. The van der Waals surface area contributed by atoms with Gasteiger partial charge in [-0.25, -0.2) is 8.42 Å². The molecule has 0 aromatic heterocycles. The zero-order valence-corrected chi connectivity index (χ0v) is 13.3. The smallest absolute Gasteiger partial charge is 0.303 e. The van der Waals surface area contributed by atoms with Crippen molar-refractivity contribution in [2.75, 3.05) is 10.5 Å². The normalized spacial score (nSPS) is 12.5. The van der Waals surface area contributed by atoms with Crippen molar-refractivity contribution in [3.05, 3.63) is 29.8 Å². The molecule has 1 rings (SSSR count). The zero-order chi connectivity index (χ0) is 16.8. The summed E-state index contributed by atoms with van der Waals surface area (Å²) >= 11 is 0. The van der Waals surface area contributed by atoms with E-state index in [9.17, 15) is 18.0 Å². The molecule has 0 saturated carbocycles. The van der Waals surface area contributed by atoms with Crippen LogP contribution >= 0.6 is 0 Å². The topological polar surface area (TPSA) is 113 Å². The van der Waals surface area contributed by atoms with Crippen LogP contribution in [0.3, 0.4) is 0 Å². The Hall–Kier alpha value is -2.09. The monoisotopic (exact) mass is 328 g/mol. The van der Waals surface area contributed by atoms with Crippen LogP contribution in [-0.4, -0.2) is 37.2 Å². The third kappa shape index (κ3) is 5.72. The molecule has 0 aliphatic carbocycles. The van der Waals surface area contributed by atoms with Gasteiger partial charge in [-0.2, -0.15) is 0 Å². The Labute approximate surface area is 129 Å². The molecular formula is C14H20N2O5S. The number of hydrogen-bond acceptors (Lipinski definition) is 4. The van der Waals surface area contributed by atoms with Crippen molar-refractivity contribution >= 4 is 27.6 Å². The van der Waals surface area contributed by atoms with Crippen LogP contribution in [0.2, 0.25) is 0 Å². The molecule has 3 N–H and O–H groups in total. The number of carboxylic acids is 1. The minimum atomic E-state index is -3.49. The third-order valence-electron chi connectivity index (χ3n) is 2.99. The van der Waals surface area contributed by atoms with E-state index in [1.165, 1.54) is 19.1 Å². The fourth-order valence-electron chi connectivity index (χ4n) is 1.72. The molecule has 1 unspecified atom stereocenters. The molecule has 22 heavy (non-hydrogen) atoms. The Bertz CT molecular complexity index is 642. The number of nitrogens with one attached hydrogen (secondary N) is 2. The maximum atomic E-state index is 12.2. The van der Waals surface area contributed by atoms with Crippen LogP contribution in [-0.2, 0) is 14.8 Å². The summed E-state index contributed by atoms with van der Waals surface area (Å²) in [4.78, 5) is 22.7. The van der Waals surface area contributed by atoms with E-state index in [0.717, 1.165) is 0 Å². The van der Waals surface area contributed by atoms with Crippen molar-refractivity contribution < 1.29 is 23.1 Å². The number of aliphatic carboxylic acids is 1. The second-order valence-electron chi connectivity index (χ2n) is 4.86. The summed E-state index contributed by atoms with van der Waals surface area (Å²) in [5.74, 6) is -1.48. The summed E-state index contributed by atoms with van der Waals surface area (Å²) < 4.78 is 25.6. The van der Waals surface area contributed by atoms with Gasteiger partial charge in [-0.1, -0.05) is 12.1 Å². The van der Waals surface area contributed by atoms with Crippen molar-refractivity contribution in [1.82, 2.24) is 5.32 Å². The Balaban J connectivity index is 2.83. The van der Waals surface area contributed by atoms with E-state index < -0.39 is 21.9 Å². The Kier molecular flexibility index (Phi) is 6.36. The molecule has 8 heteroatoms. The fraction of sp³-hybridized carbons (Fsp3) is 0.429. The predicted octanol–water partition coefficient (Wildman–Crippen LogP) is 1.43. The molecule has 0 bridgehead atoms. The lowest BCUT2D eigenvalue weighted by atomic mass is 10.1. The van der Waals surface area contributed by atoms with Gasteiger partial charge in [0, 0.05) is 12.5 Å². The molecule has 0 heterocycles. The van der Waals surface area contributed by atoms with E-state index >= 15 is 0 Å². The average Bonchev–Trinajstić information content (AvgIpc) is 2.45. The molecule has 1 amide bonds. The Morgan fingerprint density at radius 3 is 2.50 bits per heavy atom. The van der Waals surface area contributed by atoms with Crippen LogP contribution in [0.5, 0.6) is 0 Å². The maximum absolute atomic E-state index is 12.2. The van der Waals surface area contributed by atoms with Crippen molar-refractivity contribution in [3.8, 4) is 0 Å². The minimum Gasteiger partial charge on any atom is -0.481 e. The zero-order valence-electron chi connectivity index (χ0n) is 12.5. The van der Waals surface area contributed by atoms with Gasteiger partial charge in [0.15, 0.2) is 0 Å². The summed E-state index contributed by atoms with van der Waals surface area (Å²) in [7, 11) is -3.49. The van der Waals surface area contributed by atoms with Gasteiger partial charge < -0.3 is 10.4 Å². The number of carbonyl (C=O) groups excluding carboxylic acids is 1. The number of para-hydroxylation sites is 1. The van der Waals surface area contributed by atoms with Gasteiger partial charge in [0.25, 0.3) is 5.91 Å². The van der Waals surface area contributed by atoms with Crippen LogP contribution in [0.1, 0.15) is 37.0 Å². The molecule has 0 spiro atoms.